The zero-order valence-corrected chi connectivity index (χ0v) is 16.5. The number of rotatable bonds is 15. The minimum atomic E-state index is -1.73. The van der Waals surface area contributed by atoms with Crippen molar-refractivity contribution in [2.75, 3.05) is 6.54 Å². The van der Waals surface area contributed by atoms with Crippen LogP contribution in [0.3, 0.4) is 0 Å². The van der Waals surface area contributed by atoms with E-state index >= 15 is 0 Å². The fraction of sp³-hybridized carbons (Fsp3) is 0.562. The van der Waals surface area contributed by atoms with Crippen molar-refractivity contribution in [2.24, 2.45) is 17.2 Å². The third-order valence-electron chi connectivity index (χ3n) is 3.82. The quantitative estimate of drug-likeness (QED) is 0.119. The molecule has 3 unspecified atom stereocenters. The Morgan fingerprint density at radius 1 is 0.710 bits per heavy atom. The number of aliphatic carboxylic acids is 2. The van der Waals surface area contributed by atoms with Crippen LogP contribution in [0, 0.1) is 0 Å². The second-order valence-corrected chi connectivity index (χ2v) is 6.39. The van der Waals surface area contributed by atoms with Gasteiger partial charge in [0.15, 0.2) is 0 Å². The SMILES string of the molecule is NCC(=O)NC(CCC(N)=O)C(=O)NC(CC(=O)O)C(=O)NC(CCC(N)=O)C(=O)O. The lowest BCUT2D eigenvalue weighted by molar-refractivity contribution is -0.143. The van der Waals surface area contributed by atoms with E-state index in [0.717, 1.165) is 0 Å². The van der Waals surface area contributed by atoms with Crippen LogP contribution in [-0.4, -0.2) is 76.4 Å². The molecule has 0 aromatic rings. The van der Waals surface area contributed by atoms with Gasteiger partial charge in [-0.15, -0.1) is 0 Å². The summed E-state index contributed by atoms with van der Waals surface area (Å²) < 4.78 is 0. The number of nitrogens with one attached hydrogen (secondary N) is 3. The number of amides is 5. The average molecular weight is 446 g/mol. The molecule has 0 bridgehead atoms. The highest BCUT2D eigenvalue weighted by molar-refractivity contribution is 5.95. The molecule has 0 fully saturated rings. The number of carboxylic acid groups (broad SMARTS) is 2. The molecule has 0 aromatic heterocycles. The first-order valence-electron chi connectivity index (χ1n) is 8.98. The second kappa shape index (κ2) is 13.5. The molecule has 5 amide bonds. The lowest BCUT2D eigenvalue weighted by Gasteiger charge is -2.23. The summed E-state index contributed by atoms with van der Waals surface area (Å²) >= 11 is 0. The first kappa shape index (κ1) is 27.2. The highest BCUT2D eigenvalue weighted by Gasteiger charge is 2.31. The van der Waals surface area contributed by atoms with Crippen LogP contribution in [0.4, 0.5) is 0 Å². The number of nitrogens with two attached hydrogens (primary N) is 3. The van der Waals surface area contributed by atoms with Crippen LogP contribution in [-0.2, 0) is 33.6 Å². The molecule has 174 valence electrons. The van der Waals surface area contributed by atoms with Crippen LogP contribution in [0.15, 0.2) is 0 Å². The summed E-state index contributed by atoms with van der Waals surface area (Å²) in [4.78, 5) is 80.5. The molecule has 15 heteroatoms. The number of carboxylic acids is 2. The van der Waals surface area contributed by atoms with Crippen LogP contribution in [0.2, 0.25) is 0 Å². The molecule has 11 N–H and O–H groups in total. The molecule has 0 aliphatic rings. The zero-order chi connectivity index (χ0) is 24.1. The monoisotopic (exact) mass is 446 g/mol. The van der Waals surface area contributed by atoms with Crippen LogP contribution in [0.25, 0.3) is 0 Å². The Balaban J connectivity index is 5.41. The molecule has 0 aliphatic carbocycles. The first-order chi connectivity index (χ1) is 14.4. The van der Waals surface area contributed by atoms with E-state index in [2.05, 4.69) is 10.6 Å². The van der Waals surface area contributed by atoms with Gasteiger partial charge in [-0.25, -0.2) is 4.79 Å². The molecule has 0 rings (SSSR count). The van der Waals surface area contributed by atoms with Crippen molar-refractivity contribution in [3.05, 3.63) is 0 Å². The second-order valence-electron chi connectivity index (χ2n) is 6.39. The Morgan fingerprint density at radius 2 is 1.16 bits per heavy atom. The number of carbonyl (C=O) groups excluding carboxylic acids is 5. The first-order valence-corrected chi connectivity index (χ1v) is 8.98. The summed E-state index contributed by atoms with van der Waals surface area (Å²) in [6, 6.07) is -4.67. The molecular formula is C16H26N6O9. The smallest absolute Gasteiger partial charge is 0.326 e. The molecule has 0 spiro atoms. The lowest BCUT2D eigenvalue weighted by Crippen LogP contribution is -2.56. The van der Waals surface area contributed by atoms with Gasteiger partial charge < -0.3 is 43.4 Å². The van der Waals surface area contributed by atoms with Gasteiger partial charge in [-0.1, -0.05) is 0 Å². The topological polar surface area (TPSA) is 274 Å². The van der Waals surface area contributed by atoms with E-state index in [1.165, 1.54) is 0 Å². The molecule has 15 nitrogen and oxygen atoms in total. The van der Waals surface area contributed by atoms with Gasteiger partial charge in [-0.2, -0.15) is 0 Å². The standard InChI is InChI=1S/C16H26N6O9/c17-6-12(25)20-7(1-3-10(18)23)14(28)22-9(5-13(26)27)15(29)21-8(16(30)31)2-4-11(19)24/h7-9H,1-6,17H2,(H2,18,23)(H2,19,24)(H,20,25)(H,21,29)(H,22,28)(H,26,27)(H,30,31). The van der Waals surface area contributed by atoms with E-state index < -0.39 is 72.6 Å². The largest absolute Gasteiger partial charge is 0.481 e. The number of hydrogen-bond acceptors (Lipinski definition) is 8. The third kappa shape index (κ3) is 11.7. The van der Waals surface area contributed by atoms with E-state index in [1.807, 2.05) is 5.32 Å². The maximum absolute atomic E-state index is 12.5. The van der Waals surface area contributed by atoms with E-state index in [1.54, 1.807) is 0 Å². The van der Waals surface area contributed by atoms with Gasteiger partial charge in [0, 0.05) is 12.8 Å². The van der Waals surface area contributed by atoms with Crippen LogP contribution < -0.4 is 33.2 Å². The average Bonchev–Trinajstić information content (AvgIpc) is 2.66. The summed E-state index contributed by atoms with van der Waals surface area (Å²) in [5.41, 5.74) is 15.1. The Labute approximate surface area is 176 Å². The van der Waals surface area contributed by atoms with Gasteiger partial charge in [0.05, 0.1) is 13.0 Å². The van der Waals surface area contributed by atoms with Crippen LogP contribution >= 0.6 is 0 Å². The summed E-state index contributed by atoms with van der Waals surface area (Å²) in [5.74, 6) is -7.54. The number of hydrogen-bond donors (Lipinski definition) is 8. The fourth-order valence-electron chi connectivity index (χ4n) is 2.28. The Hall–Kier alpha value is -3.75. The summed E-state index contributed by atoms with van der Waals surface area (Å²) in [6.45, 7) is -0.487. The fourth-order valence-corrected chi connectivity index (χ4v) is 2.28. The minimum absolute atomic E-state index is 0.259. The zero-order valence-electron chi connectivity index (χ0n) is 16.5. The number of carbonyl (C=O) groups is 7. The molecule has 0 aliphatic heterocycles. The molecule has 0 saturated heterocycles. The van der Waals surface area contributed by atoms with E-state index in [4.69, 9.17) is 27.4 Å². The van der Waals surface area contributed by atoms with Crippen molar-refractivity contribution in [1.82, 2.24) is 16.0 Å². The third-order valence-corrected chi connectivity index (χ3v) is 3.82. The van der Waals surface area contributed by atoms with E-state index in [-0.39, 0.29) is 25.7 Å². The number of primary amides is 2. The van der Waals surface area contributed by atoms with Crippen molar-refractivity contribution < 1.29 is 43.8 Å². The molecule has 0 radical (unpaired) electrons. The van der Waals surface area contributed by atoms with Gasteiger partial charge in [0.25, 0.3) is 0 Å². The Morgan fingerprint density at radius 3 is 1.58 bits per heavy atom. The van der Waals surface area contributed by atoms with Gasteiger partial charge >= 0.3 is 11.9 Å². The Kier molecular flexibility index (Phi) is 11.8. The Bertz CT molecular complexity index is 726. The van der Waals surface area contributed by atoms with Gasteiger partial charge in [-0.3, -0.25) is 28.8 Å². The summed E-state index contributed by atoms with van der Waals surface area (Å²) in [7, 11) is 0. The molecule has 0 saturated carbocycles. The predicted octanol–water partition coefficient (Wildman–Crippen LogP) is -4.51. The van der Waals surface area contributed by atoms with E-state index in [9.17, 15) is 33.6 Å². The van der Waals surface area contributed by atoms with E-state index in [0.29, 0.717) is 0 Å². The minimum Gasteiger partial charge on any atom is -0.481 e. The maximum atomic E-state index is 12.5. The van der Waals surface area contributed by atoms with Crippen LogP contribution in [0.1, 0.15) is 32.1 Å². The van der Waals surface area contributed by atoms with Crippen molar-refractivity contribution in [1.29, 1.82) is 0 Å². The van der Waals surface area contributed by atoms with Crippen molar-refractivity contribution >= 4 is 41.5 Å². The van der Waals surface area contributed by atoms with Crippen molar-refractivity contribution in [3.63, 3.8) is 0 Å². The highest BCUT2D eigenvalue weighted by atomic mass is 16.4. The normalized spacial score (nSPS) is 13.2. The molecular weight excluding hydrogens is 420 g/mol. The van der Waals surface area contributed by atoms with Gasteiger partial charge in [0.2, 0.25) is 29.5 Å². The summed E-state index contributed by atoms with van der Waals surface area (Å²) in [5, 5.41) is 24.5. The van der Waals surface area contributed by atoms with Gasteiger partial charge in [-0.05, 0) is 12.8 Å². The highest BCUT2D eigenvalue weighted by Crippen LogP contribution is 2.03. The molecule has 3 atom stereocenters. The summed E-state index contributed by atoms with van der Waals surface area (Å²) in [6.07, 6.45) is -2.23. The molecule has 0 aromatic carbocycles. The van der Waals surface area contributed by atoms with Crippen LogP contribution in [0.5, 0.6) is 0 Å². The molecule has 31 heavy (non-hydrogen) atoms. The van der Waals surface area contributed by atoms with Gasteiger partial charge in [0.1, 0.15) is 18.1 Å². The predicted molar refractivity (Wildman–Crippen MR) is 102 cm³/mol. The molecule has 0 heterocycles. The van der Waals surface area contributed by atoms with Crippen molar-refractivity contribution in [3.8, 4) is 0 Å². The lowest BCUT2D eigenvalue weighted by atomic mass is 10.1. The maximum Gasteiger partial charge on any atom is 0.326 e. The van der Waals surface area contributed by atoms with Crippen molar-refractivity contribution in [2.45, 2.75) is 50.2 Å².